The number of carboxylic acid groups (broad SMARTS) is 1. The first-order valence-electron chi connectivity index (χ1n) is 15.0. The molecule has 3 aliphatic rings. The Labute approximate surface area is 269 Å². The van der Waals surface area contributed by atoms with Crippen molar-refractivity contribution in [2.45, 2.75) is 48.6 Å². The molecule has 3 heterocycles. The summed E-state index contributed by atoms with van der Waals surface area (Å²) in [6.07, 6.45) is -7.69. The fraction of sp³-hybridized carbons (Fsp3) is 0.424. The van der Waals surface area contributed by atoms with Gasteiger partial charge in [0.15, 0.2) is 11.5 Å². The largest absolute Gasteiger partial charge is 0.508 e. The highest BCUT2D eigenvalue weighted by Crippen LogP contribution is 2.59. The van der Waals surface area contributed by atoms with Crippen LogP contribution in [-0.4, -0.2) is 108 Å². The summed E-state index contributed by atoms with van der Waals surface area (Å²) < 4.78 is 35.9. The molecule has 14 nitrogen and oxygen atoms in total. The van der Waals surface area contributed by atoms with Crippen LogP contribution in [-0.2, 0) is 16.0 Å². The summed E-state index contributed by atoms with van der Waals surface area (Å²) in [4.78, 5) is 12.3. The van der Waals surface area contributed by atoms with E-state index in [1.54, 1.807) is 24.3 Å². The molecule has 6 rings (SSSR count). The Morgan fingerprint density at radius 3 is 2.51 bits per heavy atom. The van der Waals surface area contributed by atoms with Gasteiger partial charge in [-0.25, -0.2) is 4.79 Å². The lowest BCUT2D eigenvalue weighted by Crippen LogP contribution is -2.71. The van der Waals surface area contributed by atoms with E-state index in [0.29, 0.717) is 46.1 Å². The van der Waals surface area contributed by atoms with E-state index in [0.717, 1.165) is 11.1 Å². The van der Waals surface area contributed by atoms with Crippen LogP contribution in [0.15, 0.2) is 42.5 Å². The molecule has 47 heavy (non-hydrogen) atoms. The first kappa shape index (κ1) is 32.6. The molecule has 0 saturated carbocycles. The van der Waals surface area contributed by atoms with Gasteiger partial charge in [-0.2, -0.15) is 0 Å². The Hall–Kier alpha value is -4.31. The lowest BCUT2D eigenvalue weighted by molar-refractivity contribution is -0.305. The van der Waals surface area contributed by atoms with Gasteiger partial charge in [-0.3, -0.25) is 0 Å². The van der Waals surface area contributed by atoms with Crippen molar-refractivity contribution in [3.8, 4) is 45.6 Å². The number of rotatable bonds is 10. The molecule has 3 aromatic rings. The van der Waals surface area contributed by atoms with Crippen molar-refractivity contribution in [3.63, 3.8) is 0 Å². The molecule has 0 aromatic heterocycles. The number of aliphatic hydroxyl groups is 4. The van der Waals surface area contributed by atoms with Crippen molar-refractivity contribution in [2.75, 3.05) is 41.0 Å². The van der Waals surface area contributed by atoms with E-state index in [4.69, 9.17) is 28.4 Å². The second-order valence-corrected chi connectivity index (χ2v) is 11.6. The highest BCUT2D eigenvalue weighted by atomic mass is 16.7. The molecule has 0 amide bonds. The van der Waals surface area contributed by atoms with Crippen molar-refractivity contribution in [1.29, 1.82) is 0 Å². The predicted octanol–water partition coefficient (Wildman–Crippen LogP) is 1.08. The maximum atomic E-state index is 12.3. The van der Waals surface area contributed by atoms with Gasteiger partial charge in [-0.05, 0) is 54.4 Å². The summed E-state index contributed by atoms with van der Waals surface area (Å²) in [5, 5.41) is 64.9. The maximum absolute atomic E-state index is 12.3. The molecule has 7 unspecified atom stereocenters. The molecule has 0 aliphatic carbocycles. The lowest BCUT2D eigenvalue weighted by Gasteiger charge is -2.45. The van der Waals surface area contributed by atoms with Crippen molar-refractivity contribution in [2.24, 2.45) is 0 Å². The van der Waals surface area contributed by atoms with Crippen LogP contribution >= 0.6 is 0 Å². The molecule has 252 valence electrons. The van der Waals surface area contributed by atoms with Gasteiger partial charge in [0.05, 0.1) is 26.7 Å². The SMILES string of the molecule is CNCC1(C(=O)O)OC(Oc2cc3c(c(-c4cccc(O)c4)c2)C2Oc4c(OC)c(OC)cc(CCO)c4C2CO3)C(O)C(O)C1O. The Balaban J connectivity index is 1.46. The molecule has 1 fully saturated rings. The fourth-order valence-electron chi connectivity index (χ4n) is 6.70. The molecular weight excluding hydrogens is 618 g/mol. The van der Waals surface area contributed by atoms with Gasteiger partial charge >= 0.3 is 5.97 Å². The number of likely N-dealkylation sites (N-methyl/N-ethyl adjacent to an activating group) is 1. The van der Waals surface area contributed by atoms with Crippen molar-refractivity contribution < 1.29 is 63.9 Å². The number of carbonyl (C=O) groups is 1. The molecule has 0 spiro atoms. The van der Waals surface area contributed by atoms with E-state index >= 15 is 0 Å². The van der Waals surface area contributed by atoms with Gasteiger partial charge in [0.2, 0.25) is 17.6 Å². The fourth-order valence-corrected chi connectivity index (χ4v) is 6.70. The summed E-state index contributed by atoms with van der Waals surface area (Å²) >= 11 is 0. The number of aliphatic carboxylic acids is 1. The zero-order valence-electron chi connectivity index (χ0n) is 25.9. The van der Waals surface area contributed by atoms with Gasteiger partial charge in [0.1, 0.15) is 41.7 Å². The normalized spacial score (nSPS) is 27.5. The van der Waals surface area contributed by atoms with Crippen LogP contribution in [0, 0.1) is 0 Å². The summed E-state index contributed by atoms with van der Waals surface area (Å²) in [5.41, 5.74) is 0.992. The summed E-state index contributed by atoms with van der Waals surface area (Å²) in [7, 11) is 4.47. The van der Waals surface area contributed by atoms with Crippen LogP contribution < -0.4 is 29.0 Å². The van der Waals surface area contributed by atoms with Crippen LogP contribution in [0.3, 0.4) is 0 Å². The topological polar surface area (TPSA) is 206 Å². The zero-order valence-corrected chi connectivity index (χ0v) is 25.9. The minimum Gasteiger partial charge on any atom is -0.508 e. The van der Waals surface area contributed by atoms with Gasteiger partial charge in [-0.1, -0.05) is 12.1 Å². The van der Waals surface area contributed by atoms with Crippen molar-refractivity contribution in [1.82, 2.24) is 5.32 Å². The third-order valence-corrected chi connectivity index (χ3v) is 8.90. The maximum Gasteiger partial charge on any atom is 0.340 e. The molecule has 7 N–H and O–H groups in total. The third-order valence-electron chi connectivity index (χ3n) is 8.90. The number of carboxylic acids is 1. The second-order valence-electron chi connectivity index (χ2n) is 11.6. The van der Waals surface area contributed by atoms with Gasteiger partial charge in [-0.15, -0.1) is 0 Å². The number of aromatic hydroxyl groups is 1. The molecule has 0 bridgehead atoms. The van der Waals surface area contributed by atoms with Crippen molar-refractivity contribution >= 4 is 5.97 Å². The van der Waals surface area contributed by atoms with Crippen LogP contribution in [0.4, 0.5) is 0 Å². The van der Waals surface area contributed by atoms with E-state index in [2.05, 4.69) is 5.32 Å². The molecule has 3 aromatic carbocycles. The van der Waals surface area contributed by atoms with E-state index in [1.165, 1.54) is 33.4 Å². The average molecular weight is 656 g/mol. The number of benzene rings is 3. The number of hydrogen-bond acceptors (Lipinski definition) is 13. The predicted molar refractivity (Wildman–Crippen MR) is 163 cm³/mol. The van der Waals surface area contributed by atoms with Crippen LogP contribution in [0.5, 0.6) is 34.5 Å². The second kappa shape index (κ2) is 12.7. The highest BCUT2D eigenvalue weighted by Gasteiger charge is 2.59. The molecule has 3 aliphatic heterocycles. The first-order chi connectivity index (χ1) is 22.6. The number of fused-ring (bicyclic) bond motifs is 5. The quantitative estimate of drug-likeness (QED) is 0.163. The van der Waals surface area contributed by atoms with Gasteiger partial charge in [0.25, 0.3) is 0 Å². The number of phenols is 1. The lowest BCUT2D eigenvalue weighted by atomic mass is 9.83. The Kier molecular flexibility index (Phi) is 8.82. The number of phenolic OH excluding ortho intramolecular Hbond substituents is 1. The monoisotopic (exact) mass is 655 g/mol. The van der Waals surface area contributed by atoms with Gasteiger partial charge in [0, 0.05) is 30.3 Å². The van der Waals surface area contributed by atoms with Crippen LogP contribution in [0.2, 0.25) is 0 Å². The van der Waals surface area contributed by atoms with Gasteiger partial charge < -0.3 is 64.4 Å². The smallest absolute Gasteiger partial charge is 0.340 e. The Morgan fingerprint density at radius 2 is 1.85 bits per heavy atom. The summed E-state index contributed by atoms with van der Waals surface area (Å²) in [6.45, 7) is -0.341. The number of hydrogen-bond donors (Lipinski definition) is 7. The zero-order chi connectivity index (χ0) is 33.6. The van der Waals surface area contributed by atoms with E-state index in [1.807, 2.05) is 6.07 Å². The minimum absolute atomic E-state index is 0.00966. The summed E-state index contributed by atoms with van der Waals surface area (Å²) in [5.74, 6) is -0.173. The molecule has 7 atom stereocenters. The Bertz CT molecular complexity index is 1660. The van der Waals surface area contributed by atoms with Crippen LogP contribution in [0.1, 0.15) is 28.7 Å². The number of ether oxygens (including phenoxy) is 6. The van der Waals surface area contributed by atoms with E-state index < -0.39 is 48.8 Å². The van der Waals surface area contributed by atoms with E-state index in [9.17, 15) is 35.4 Å². The minimum atomic E-state index is -2.33. The third kappa shape index (κ3) is 5.36. The highest BCUT2D eigenvalue weighted by molar-refractivity contribution is 5.79. The number of methoxy groups -OCH3 is 2. The summed E-state index contributed by atoms with van der Waals surface area (Å²) in [6, 6.07) is 11.4. The number of nitrogens with one attached hydrogen (secondary N) is 1. The van der Waals surface area contributed by atoms with Crippen LogP contribution in [0.25, 0.3) is 11.1 Å². The molecular formula is C33H37NO13. The molecule has 0 radical (unpaired) electrons. The molecule has 14 heteroatoms. The number of aliphatic hydroxyl groups excluding tert-OH is 4. The average Bonchev–Trinajstić information content (AvgIpc) is 3.45. The van der Waals surface area contributed by atoms with E-state index in [-0.39, 0.29) is 30.6 Å². The standard InChI is InChI=1S/C33H37NO13/c1-34-14-33(32(40)41)30(39)25(37)26(38)31(47-33)45-18-11-19(15-5-4-6-17(36)9-15)24-21(12-18)44-13-20-23-16(7-8-35)10-22(42-2)28(43-3)29(23)46-27(20)24/h4-6,9-12,20,25-27,30-31,34-39H,7-8,13-14H2,1-3H3,(H,40,41). The molecule has 1 saturated heterocycles. The first-order valence-corrected chi connectivity index (χ1v) is 15.0. The Morgan fingerprint density at radius 1 is 1.06 bits per heavy atom. The van der Waals surface area contributed by atoms with Crippen molar-refractivity contribution in [3.05, 3.63) is 59.2 Å².